The van der Waals surface area contributed by atoms with Crippen LogP contribution >= 0.6 is 8.58 Å². The second kappa shape index (κ2) is 3.62. The Labute approximate surface area is 77.2 Å². The summed E-state index contributed by atoms with van der Waals surface area (Å²) in [6.07, 6.45) is 1.70. The third-order valence-corrected chi connectivity index (χ3v) is 2.18. The van der Waals surface area contributed by atoms with Crippen LogP contribution in [0.5, 0.6) is 0 Å². The molecule has 1 atom stereocenters. The second-order valence-corrected chi connectivity index (χ2v) is 3.34. The maximum atomic E-state index is 5.02. The molecular weight excluding hydrogens is 185 g/mol. The molecule has 2 rings (SSSR count). The summed E-state index contributed by atoms with van der Waals surface area (Å²) in [6.45, 7) is 2.01. The minimum atomic E-state index is 0.491. The summed E-state index contributed by atoms with van der Waals surface area (Å²) in [4.78, 5) is 8.27. The van der Waals surface area contributed by atoms with Crippen LogP contribution in [0.4, 0.5) is 0 Å². The van der Waals surface area contributed by atoms with Crippen molar-refractivity contribution in [2.24, 2.45) is 0 Å². The minimum Gasteiger partial charge on any atom is -0.332 e. The van der Waals surface area contributed by atoms with Gasteiger partial charge in [0.25, 0.3) is 5.89 Å². The van der Waals surface area contributed by atoms with Crippen LogP contribution in [0.2, 0.25) is 0 Å². The zero-order valence-electron chi connectivity index (χ0n) is 7.06. The normalized spacial score (nSPS) is 11.2. The average molecular weight is 193 g/mol. The summed E-state index contributed by atoms with van der Waals surface area (Å²) in [5.41, 5.74) is 1.46. The minimum absolute atomic E-state index is 0.491. The van der Waals surface area contributed by atoms with E-state index in [1.54, 1.807) is 6.20 Å². The Bertz CT molecular complexity index is 387. The molecule has 5 heteroatoms. The first-order valence-electron chi connectivity index (χ1n) is 3.83. The van der Waals surface area contributed by atoms with Crippen LogP contribution in [0.15, 0.2) is 28.9 Å². The Balaban J connectivity index is 2.36. The third kappa shape index (κ3) is 1.73. The van der Waals surface area contributed by atoms with Crippen LogP contribution < -0.4 is 5.57 Å². The zero-order chi connectivity index (χ0) is 9.10. The van der Waals surface area contributed by atoms with Gasteiger partial charge in [-0.05, 0) is 27.4 Å². The van der Waals surface area contributed by atoms with Gasteiger partial charge in [-0.1, -0.05) is 11.2 Å². The quantitative estimate of drug-likeness (QED) is 0.669. The first-order valence-corrected chi connectivity index (χ1v) is 5.33. The van der Waals surface area contributed by atoms with E-state index in [1.165, 1.54) is 0 Å². The summed E-state index contributed by atoms with van der Waals surface area (Å²) in [7, 11) is 0.552. The first kappa shape index (κ1) is 8.32. The van der Waals surface area contributed by atoms with Gasteiger partial charge in [0.15, 0.2) is 5.57 Å². The highest BCUT2D eigenvalue weighted by Crippen LogP contribution is 2.12. The van der Waals surface area contributed by atoms with E-state index in [4.69, 9.17) is 4.52 Å². The van der Waals surface area contributed by atoms with Gasteiger partial charge in [0.2, 0.25) is 0 Å². The predicted molar refractivity (Wildman–Crippen MR) is 51.4 cm³/mol. The highest BCUT2D eigenvalue weighted by Gasteiger charge is 2.06. The van der Waals surface area contributed by atoms with Gasteiger partial charge in [-0.2, -0.15) is 4.98 Å². The SMILES string of the molecule is CPc1noc(-c2ccccn2)n1. The van der Waals surface area contributed by atoms with Gasteiger partial charge in [-0.3, -0.25) is 4.98 Å². The van der Waals surface area contributed by atoms with E-state index in [1.807, 2.05) is 24.9 Å². The van der Waals surface area contributed by atoms with Gasteiger partial charge >= 0.3 is 0 Å². The molecule has 0 saturated heterocycles. The summed E-state index contributed by atoms with van der Waals surface area (Å²) in [6, 6.07) is 5.58. The van der Waals surface area contributed by atoms with E-state index in [0.29, 0.717) is 14.5 Å². The van der Waals surface area contributed by atoms with E-state index in [2.05, 4.69) is 15.1 Å². The largest absolute Gasteiger partial charge is 0.332 e. The Hall–Kier alpha value is -1.28. The van der Waals surface area contributed by atoms with E-state index in [0.717, 1.165) is 11.3 Å². The molecule has 0 saturated carbocycles. The molecule has 4 nitrogen and oxygen atoms in total. The number of aromatic nitrogens is 3. The summed E-state index contributed by atoms with van der Waals surface area (Å²) >= 11 is 0. The lowest BCUT2D eigenvalue weighted by Gasteiger charge is -1.88. The molecule has 0 radical (unpaired) electrons. The summed E-state index contributed by atoms with van der Waals surface area (Å²) in [5, 5.41) is 3.80. The Kier molecular flexibility index (Phi) is 2.32. The monoisotopic (exact) mass is 193 g/mol. The van der Waals surface area contributed by atoms with Crippen LogP contribution in [0.1, 0.15) is 0 Å². The van der Waals surface area contributed by atoms with Gasteiger partial charge in [-0.15, -0.1) is 0 Å². The van der Waals surface area contributed by atoms with E-state index in [-0.39, 0.29) is 0 Å². The number of pyridine rings is 1. The fourth-order valence-electron chi connectivity index (χ4n) is 0.918. The molecule has 2 heterocycles. The number of hydrogen-bond acceptors (Lipinski definition) is 4. The molecule has 0 N–H and O–H groups in total. The van der Waals surface area contributed by atoms with Crippen molar-refractivity contribution in [2.45, 2.75) is 0 Å². The number of hydrogen-bond donors (Lipinski definition) is 0. The average Bonchev–Trinajstić information content (AvgIpc) is 2.67. The van der Waals surface area contributed by atoms with Gasteiger partial charge in [0.1, 0.15) is 5.69 Å². The van der Waals surface area contributed by atoms with E-state index in [9.17, 15) is 0 Å². The van der Waals surface area contributed by atoms with Gasteiger partial charge < -0.3 is 4.52 Å². The molecule has 2 aromatic heterocycles. The molecule has 0 amide bonds. The molecule has 13 heavy (non-hydrogen) atoms. The number of nitrogens with zero attached hydrogens (tertiary/aromatic N) is 3. The lowest BCUT2D eigenvalue weighted by atomic mass is 10.3. The molecule has 0 aliphatic heterocycles. The van der Waals surface area contributed by atoms with E-state index < -0.39 is 0 Å². The molecule has 0 bridgehead atoms. The molecule has 0 aliphatic carbocycles. The second-order valence-electron chi connectivity index (χ2n) is 2.39. The van der Waals surface area contributed by atoms with Crippen LogP contribution in [-0.4, -0.2) is 21.8 Å². The lowest BCUT2D eigenvalue weighted by Crippen LogP contribution is -1.96. The molecule has 1 unspecified atom stereocenters. The Morgan fingerprint density at radius 2 is 2.31 bits per heavy atom. The fraction of sp³-hybridized carbons (Fsp3) is 0.125. The van der Waals surface area contributed by atoms with Crippen LogP contribution in [0, 0.1) is 0 Å². The third-order valence-electron chi connectivity index (χ3n) is 1.53. The van der Waals surface area contributed by atoms with Gasteiger partial charge in [0, 0.05) is 6.20 Å². The maximum Gasteiger partial charge on any atom is 0.276 e. The zero-order valence-corrected chi connectivity index (χ0v) is 8.06. The van der Waals surface area contributed by atoms with Crippen LogP contribution in [0.3, 0.4) is 0 Å². The fourth-order valence-corrected chi connectivity index (χ4v) is 1.27. The van der Waals surface area contributed by atoms with Crippen LogP contribution in [-0.2, 0) is 0 Å². The van der Waals surface area contributed by atoms with Crippen molar-refractivity contribution in [1.82, 2.24) is 15.1 Å². The van der Waals surface area contributed by atoms with Crippen molar-refractivity contribution in [3.05, 3.63) is 24.4 Å². The lowest BCUT2D eigenvalue weighted by molar-refractivity contribution is 0.433. The Morgan fingerprint density at radius 3 is 2.92 bits per heavy atom. The van der Waals surface area contributed by atoms with Gasteiger partial charge in [0.05, 0.1) is 0 Å². The topological polar surface area (TPSA) is 51.8 Å². The smallest absolute Gasteiger partial charge is 0.276 e. The van der Waals surface area contributed by atoms with E-state index >= 15 is 0 Å². The van der Waals surface area contributed by atoms with Gasteiger partial charge in [-0.25, -0.2) is 0 Å². The highest BCUT2D eigenvalue weighted by molar-refractivity contribution is 7.45. The molecule has 0 spiro atoms. The Morgan fingerprint density at radius 1 is 1.38 bits per heavy atom. The van der Waals surface area contributed by atoms with Crippen molar-refractivity contribution >= 4 is 14.1 Å². The molecule has 0 aromatic carbocycles. The van der Waals surface area contributed by atoms with Crippen LogP contribution in [0.25, 0.3) is 11.6 Å². The maximum absolute atomic E-state index is 5.02. The standard InChI is InChI=1S/C8H8N3OP/c1-13-8-10-7(12-11-8)6-4-2-3-5-9-6/h2-5,13H,1H3. The summed E-state index contributed by atoms with van der Waals surface area (Å²) in [5.74, 6) is 0.491. The van der Waals surface area contributed by atoms with Crippen molar-refractivity contribution in [2.75, 3.05) is 6.66 Å². The molecular formula is C8H8N3OP. The van der Waals surface area contributed by atoms with Crippen molar-refractivity contribution in [3.8, 4) is 11.6 Å². The van der Waals surface area contributed by atoms with Crippen molar-refractivity contribution < 1.29 is 4.52 Å². The predicted octanol–water partition coefficient (Wildman–Crippen LogP) is 1.07. The van der Waals surface area contributed by atoms with Crippen molar-refractivity contribution in [3.63, 3.8) is 0 Å². The number of rotatable bonds is 2. The molecule has 0 fully saturated rings. The first-order chi connectivity index (χ1) is 6.40. The molecule has 0 aliphatic rings. The summed E-state index contributed by atoms with van der Waals surface area (Å²) < 4.78 is 5.02. The highest BCUT2D eigenvalue weighted by atomic mass is 31.1. The molecule has 2 aromatic rings. The molecule has 66 valence electrons. The van der Waals surface area contributed by atoms with Crippen molar-refractivity contribution in [1.29, 1.82) is 0 Å².